The second-order valence-corrected chi connectivity index (χ2v) is 10.1. The van der Waals surface area contributed by atoms with Crippen molar-refractivity contribution in [2.24, 2.45) is 0 Å². The molecule has 32 heavy (non-hydrogen) atoms. The molecule has 0 saturated carbocycles. The minimum Gasteiger partial charge on any atom is -0.454 e. The normalized spacial score (nSPS) is 17.0. The molecule has 2 aliphatic heterocycles. The maximum Gasteiger partial charge on any atom is 0.231 e. The maximum atomic E-state index is 8.22. The summed E-state index contributed by atoms with van der Waals surface area (Å²) in [5.74, 6) is 1.46. The molecule has 2 N–H and O–H groups in total. The third-order valence-electron chi connectivity index (χ3n) is 5.93. The third-order valence-corrected chi connectivity index (χ3v) is 7.79. The lowest BCUT2D eigenvalue weighted by atomic mass is 10.2. The van der Waals surface area contributed by atoms with Gasteiger partial charge in [-0.3, -0.25) is 15.2 Å². The number of halogens is 1. The Kier molecular flexibility index (Phi) is 6.15. The monoisotopic (exact) mass is 519 g/mol. The molecule has 3 aromatic rings. The summed E-state index contributed by atoms with van der Waals surface area (Å²) in [7, 11) is 0. The van der Waals surface area contributed by atoms with Crippen molar-refractivity contribution in [3.05, 3.63) is 28.4 Å². The third kappa shape index (κ3) is 4.39. The molecule has 1 saturated heterocycles. The second kappa shape index (κ2) is 9.05. The van der Waals surface area contributed by atoms with Gasteiger partial charge in [0.2, 0.25) is 6.79 Å². The van der Waals surface area contributed by atoms with Gasteiger partial charge in [-0.15, -0.1) is 0 Å². The molecule has 9 nitrogen and oxygen atoms in total. The number of hydrogen-bond acceptors (Lipinski definition) is 8. The topological polar surface area (TPSA) is 95.3 Å². The molecular weight excluding hydrogens is 494 g/mol. The van der Waals surface area contributed by atoms with Crippen LogP contribution in [-0.2, 0) is 6.54 Å². The van der Waals surface area contributed by atoms with E-state index >= 15 is 0 Å². The van der Waals surface area contributed by atoms with Crippen molar-refractivity contribution >= 4 is 38.9 Å². The zero-order chi connectivity index (χ0) is 22.2. The smallest absolute Gasteiger partial charge is 0.231 e. The number of hydrogen-bond donors (Lipinski definition) is 2. The lowest BCUT2D eigenvalue weighted by Crippen LogP contribution is -2.49. The molecule has 0 spiro atoms. The van der Waals surface area contributed by atoms with E-state index in [4.69, 9.17) is 19.9 Å². The van der Waals surface area contributed by atoms with Crippen LogP contribution in [0.1, 0.15) is 13.8 Å². The molecule has 4 heterocycles. The van der Waals surface area contributed by atoms with Crippen LogP contribution in [0.5, 0.6) is 11.5 Å². The van der Waals surface area contributed by atoms with Gasteiger partial charge in [0, 0.05) is 54.7 Å². The van der Waals surface area contributed by atoms with Crippen LogP contribution in [0.4, 0.5) is 0 Å². The average Bonchev–Trinajstić information content (AvgIpc) is 3.41. The number of rotatable bonds is 6. The highest BCUT2D eigenvalue weighted by atomic mass is 79.9. The molecule has 0 aliphatic carbocycles. The van der Waals surface area contributed by atoms with Gasteiger partial charge in [-0.05, 0) is 41.9 Å². The summed E-state index contributed by atoms with van der Waals surface area (Å²) in [5.41, 5.74) is 1.60. The van der Waals surface area contributed by atoms with Crippen LogP contribution in [0.15, 0.2) is 33.0 Å². The van der Waals surface area contributed by atoms with Crippen molar-refractivity contribution in [1.82, 2.24) is 29.3 Å². The number of aromatic nitrogens is 4. The van der Waals surface area contributed by atoms with Crippen molar-refractivity contribution < 1.29 is 9.47 Å². The second-order valence-electron chi connectivity index (χ2n) is 8.24. The standard InChI is InChI=1S/C21H26BrN7O2S/c1-13(2)28-6-3-27(4-7-28)5-8-29-11-24-19(23)18-20(29)26-21(25-18)32-17-10-16-15(9-14(17)22)30-12-31-16/h9-11,13,23H,3-8,12H2,1-2H3,(H,25,26). The van der Waals surface area contributed by atoms with E-state index < -0.39 is 0 Å². The fraction of sp³-hybridized carbons (Fsp3) is 0.476. The van der Waals surface area contributed by atoms with Crippen molar-refractivity contribution in [3.8, 4) is 11.5 Å². The summed E-state index contributed by atoms with van der Waals surface area (Å²) in [5, 5.41) is 8.93. The molecule has 0 atom stereocenters. The lowest BCUT2D eigenvalue weighted by molar-refractivity contribution is 0.106. The summed E-state index contributed by atoms with van der Waals surface area (Å²) < 4.78 is 13.9. The van der Waals surface area contributed by atoms with Crippen molar-refractivity contribution in [1.29, 1.82) is 5.41 Å². The van der Waals surface area contributed by atoms with Gasteiger partial charge in [-0.2, -0.15) is 0 Å². The average molecular weight is 520 g/mol. The predicted octanol–water partition coefficient (Wildman–Crippen LogP) is 2.91. The molecule has 2 aromatic heterocycles. The molecule has 0 bridgehead atoms. The highest BCUT2D eigenvalue weighted by Crippen LogP contribution is 2.42. The van der Waals surface area contributed by atoms with E-state index in [2.05, 4.69) is 49.5 Å². The first kappa shape index (κ1) is 21.7. The van der Waals surface area contributed by atoms with Crippen LogP contribution in [0.25, 0.3) is 11.2 Å². The van der Waals surface area contributed by atoms with Crippen LogP contribution in [0.2, 0.25) is 0 Å². The SMILES string of the molecule is CC(C)N1CCN(CCn2cnc(=N)c3[nH]c(Sc4cc5c(cc4Br)OCO5)nc32)CC1. The van der Waals surface area contributed by atoms with Crippen LogP contribution < -0.4 is 15.0 Å². The van der Waals surface area contributed by atoms with Crippen molar-refractivity contribution in [3.63, 3.8) is 0 Å². The van der Waals surface area contributed by atoms with Crippen LogP contribution >= 0.6 is 27.7 Å². The summed E-state index contributed by atoms with van der Waals surface area (Å²) in [6.45, 7) is 10.8. The highest BCUT2D eigenvalue weighted by Gasteiger charge is 2.20. The van der Waals surface area contributed by atoms with Gasteiger partial charge in [0.15, 0.2) is 27.8 Å². The van der Waals surface area contributed by atoms with Crippen LogP contribution in [0.3, 0.4) is 0 Å². The number of H-pyrrole nitrogens is 1. The van der Waals surface area contributed by atoms with Gasteiger partial charge in [-0.1, -0.05) is 11.8 Å². The number of fused-ring (bicyclic) bond motifs is 2. The van der Waals surface area contributed by atoms with Gasteiger partial charge in [0.25, 0.3) is 0 Å². The number of aromatic amines is 1. The summed E-state index contributed by atoms with van der Waals surface area (Å²) in [6.07, 6.45) is 1.72. The van der Waals surface area contributed by atoms with Crippen LogP contribution in [0, 0.1) is 5.41 Å². The fourth-order valence-electron chi connectivity index (χ4n) is 4.01. The van der Waals surface area contributed by atoms with E-state index in [-0.39, 0.29) is 12.3 Å². The summed E-state index contributed by atoms with van der Waals surface area (Å²) in [6, 6.07) is 4.45. The van der Waals surface area contributed by atoms with E-state index in [1.165, 1.54) is 11.8 Å². The number of piperazine rings is 1. The maximum absolute atomic E-state index is 8.22. The Morgan fingerprint density at radius 1 is 1.16 bits per heavy atom. The van der Waals surface area contributed by atoms with Gasteiger partial charge in [-0.25, -0.2) is 9.97 Å². The van der Waals surface area contributed by atoms with Crippen molar-refractivity contribution in [2.75, 3.05) is 39.5 Å². The first-order chi connectivity index (χ1) is 15.5. The number of nitrogens with one attached hydrogen (secondary N) is 2. The molecule has 0 radical (unpaired) electrons. The minimum absolute atomic E-state index is 0.200. The molecule has 1 fully saturated rings. The van der Waals surface area contributed by atoms with E-state index in [9.17, 15) is 0 Å². The Balaban J connectivity index is 1.33. The predicted molar refractivity (Wildman–Crippen MR) is 125 cm³/mol. The summed E-state index contributed by atoms with van der Waals surface area (Å²) >= 11 is 5.08. The molecule has 0 amide bonds. The number of benzene rings is 1. The van der Waals surface area contributed by atoms with E-state index in [0.717, 1.165) is 65.8 Å². The van der Waals surface area contributed by atoms with E-state index in [1.807, 2.05) is 16.7 Å². The Hall–Kier alpha value is -2.08. The molecule has 0 unspecified atom stereocenters. The largest absolute Gasteiger partial charge is 0.454 e. The van der Waals surface area contributed by atoms with Gasteiger partial charge in [0.05, 0.1) is 6.33 Å². The van der Waals surface area contributed by atoms with Crippen molar-refractivity contribution in [2.45, 2.75) is 36.5 Å². The minimum atomic E-state index is 0.200. The zero-order valence-corrected chi connectivity index (χ0v) is 20.5. The Bertz CT molecular complexity index is 1190. The van der Waals surface area contributed by atoms with E-state index in [0.29, 0.717) is 16.7 Å². The molecule has 5 rings (SSSR count). The summed E-state index contributed by atoms with van der Waals surface area (Å²) in [4.78, 5) is 18.3. The van der Waals surface area contributed by atoms with Gasteiger partial charge in [0.1, 0.15) is 5.52 Å². The fourth-order valence-corrected chi connectivity index (χ4v) is 5.39. The zero-order valence-electron chi connectivity index (χ0n) is 18.1. The molecule has 1 aromatic carbocycles. The number of nitrogens with zero attached hydrogens (tertiary/aromatic N) is 5. The molecule has 11 heteroatoms. The Morgan fingerprint density at radius 3 is 2.66 bits per heavy atom. The number of ether oxygens (including phenoxy) is 2. The Morgan fingerprint density at radius 2 is 1.91 bits per heavy atom. The lowest BCUT2D eigenvalue weighted by Gasteiger charge is -2.36. The van der Waals surface area contributed by atoms with E-state index in [1.54, 1.807) is 6.33 Å². The van der Waals surface area contributed by atoms with Gasteiger partial charge >= 0.3 is 0 Å². The molecular formula is C21H26BrN7O2S. The highest BCUT2D eigenvalue weighted by molar-refractivity contribution is 9.10. The van der Waals surface area contributed by atoms with Crippen LogP contribution in [-0.4, -0.2) is 74.9 Å². The molecule has 170 valence electrons. The first-order valence-electron chi connectivity index (χ1n) is 10.7. The van der Waals surface area contributed by atoms with Gasteiger partial charge < -0.3 is 19.0 Å². The molecule has 2 aliphatic rings. The first-order valence-corrected chi connectivity index (χ1v) is 12.3. The Labute approximate surface area is 198 Å². The quantitative estimate of drug-likeness (QED) is 0.516. The number of imidazole rings is 1.